The Morgan fingerprint density at radius 1 is 1.16 bits per heavy atom. The number of nitrogens with zero attached hydrogens (tertiary/aromatic N) is 5. The van der Waals surface area contributed by atoms with E-state index in [0.29, 0.717) is 45.0 Å². The van der Waals surface area contributed by atoms with E-state index < -0.39 is 5.92 Å². The van der Waals surface area contributed by atoms with Crippen molar-refractivity contribution in [2.45, 2.75) is 19.8 Å². The van der Waals surface area contributed by atoms with E-state index in [2.05, 4.69) is 14.9 Å². The molecule has 12 heteroatoms. The fourth-order valence-corrected chi connectivity index (χ4v) is 5.22. The average molecular weight is 531 g/mol. The van der Waals surface area contributed by atoms with Crippen LogP contribution in [-0.2, 0) is 10.7 Å². The van der Waals surface area contributed by atoms with Crippen LogP contribution < -0.4 is 15.2 Å². The molecule has 9 nitrogen and oxygen atoms in total. The van der Waals surface area contributed by atoms with Crippen LogP contribution in [-0.4, -0.2) is 71.0 Å². The van der Waals surface area contributed by atoms with E-state index in [9.17, 15) is 8.78 Å². The van der Waals surface area contributed by atoms with E-state index in [1.165, 1.54) is 23.6 Å². The number of fused-ring (bicyclic) bond motifs is 1. The summed E-state index contributed by atoms with van der Waals surface area (Å²) >= 11 is 1.39. The molecule has 0 atom stereocenters. The van der Waals surface area contributed by atoms with Crippen LogP contribution in [0.3, 0.4) is 0 Å². The summed E-state index contributed by atoms with van der Waals surface area (Å²) in [5.41, 5.74) is 7.92. The van der Waals surface area contributed by atoms with Gasteiger partial charge in [0, 0.05) is 43.9 Å². The first-order valence-electron chi connectivity index (χ1n) is 11.9. The number of nitrogen functional groups attached to an aromatic ring is 1. The molecule has 2 N–H and O–H groups in total. The Morgan fingerprint density at radius 2 is 1.95 bits per heavy atom. The number of pyridine rings is 1. The van der Waals surface area contributed by atoms with Gasteiger partial charge in [0.15, 0.2) is 11.5 Å². The lowest BCUT2D eigenvalue weighted by molar-refractivity contribution is 0.0180. The van der Waals surface area contributed by atoms with Crippen molar-refractivity contribution in [3.63, 3.8) is 0 Å². The number of ether oxygens (including phenoxy) is 3. The summed E-state index contributed by atoms with van der Waals surface area (Å²) in [6.45, 7) is 7.26. The number of halogens is 2. The molecule has 4 aromatic rings. The number of hydrogen-bond acceptors (Lipinski definition) is 9. The molecule has 1 aromatic carbocycles. The minimum atomic E-state index is -3.12. The summed E-state index contributed by atoms with van der Waals surface area (Å²) in [7, 11) is 1.60. The van der Waals surface area contributed by atoms with Crippen molar-refractivity contribution >= 4 is 22.1 Å². The van der Waals surface area contributed by atoms with Gasteiger partial charge in [0.05, 0.1) is 37.3 Å². The molecule has 0 spiro atoms. The number of morpholine rings is 1. The molecule has 0 saturated carbocycles. The van der Waals surface area contributed by atoms with Gasteiger partial charge < -0.3 is 19.9 Å². The number of imidazole rings is 1. The Balaban J connectivity index is 1.41. The van der Waals surface area contributed by atoms with Crippen LogP contribution in [0.25, 0.3) is 26.8 Å². The van der Waals surface area contributed by atoms with Gasteiger partial charge in [-0.05, 0) is 31.2 Å². The van der Waals surface area contributed by atoms with Gasteiger partial charge in [-0.1, -0.05) is 11.3 Å². The molecule has 0 amide bonds. The lowest BCUT2D eigenvalue weighted by atomic mass is 10.1. The van der Waals surface area contributed by atoms with Crippen LogP contribution in [0.5, 0.6) is 11.5 Å². The molecule has 5 rings (SSSR count). The largest absolute Gasteiger partial charge is 0.493 e. The maximum atomic E-state index is 14.1. The summed E-state index contributed by atoms with van der Waals surface area (Å²) in [6, 6.07) is 7.00. The Labute approximate surface area is 216 Å². The predicted octanol–water partition coefficient (Wildman–Crippen LogP) is 4.24. The molecule has 3 aromatic heterocycles. The monoisotopic (exact) mass is 530 g/mol. The first kappa shape index (κ1) is 25.3. The van der Waals surface area contributed by atoms with Crippen molar-refractivity contribution < 1.29 is 23.0 Å². The molecule has 1 fully saturated rings. The maximum absolute atomic E-state index is 14.1. The van der Waals surface area contributed by atoms with Crippen LogP contribution in [0.4, 0.5) is 14.6 Å². The third-order valence-corrected chi connectivity index (χ3v) is 7.18. The topological polar surface area (TPSA) is 100 Å². The van der Waals surface area contributed by atoms with E-state index in [0.717, 1.165) is 45.3 Å². The molecule has 37 heavy (non-hydrogen) atoms. The lowest BCUT2D eigenvalue weighted by Gasteiger charge is -2.26. The molecule has 1 aliphatic heterocycles. The number of nitrogens with two attached hydrogens (primary N) is 1. The minimum Gasteiger partial charge on any atom is -0.493 e. The number of alkyl halides is 2. The zero-order valence-electron chi connectivity index (χ0n) is 20.8. The highest BCUT2D eigenvalue weighted by atomic mass is 32.1. The van der Waals surface area contributed by atoms with E-state index in [4.69, 9.17) is 25.0 Å². The highest BCUT2D eigenvalue weighted by molar-refractivity contribution is 7.19. The Bertz CT molecular complexity index is 1410. The van der Waals surface area contributed by atoms with Crippen LogP contribution >= 0.6 is 11.3 Å². The van der Waals surface area contributed by atoms with Crippen LogP contribution in [0.2, 0.25) is 0 Å². The van der Waals surface area contributed by atoms with Gasteiger partial charge >= 0.3 is 0 Å². The molecule has 0 bridgehead atoms. The quantitative estimate of drug-likeness (QED) is 0.361. The number of benzene rings is 1. The fourth-order valence-electron chi connectivity index (χ4n) is 4.28. The molecule has 0 unspecified atom stereocenters. The van der Waals surface area contributed by atoms with Gasteiger partial charge in [-0.25, -0.2) is 23.3 Å². The molecule has 0 radical (unpaired) electrons. The molecule has 0 aliphatic carbocycles. The average Bonchev–Trinajstić information content (AvgIpc) is 3.41. The van der Waals surface area contributed by atoms with Crippen molar-refractivity contribution in [3.05, 3.63) is 41.7 Å². The third kappa shape index (κ3) is 5.22. The Morgan fingerprint density at radius 3 is 2.68 bits per heavy atom. The molecule has 4 heterocycles. The smallest absolute Gasteiger partial charge is 0.274 e. The van der Waals surface area contributed by atoms with E-state index in [1.807, 2.05) is 25.1 Å². The Hall–Kier alpha value is -3.35. The number of rotatable bonds is 8. The highest BCUT2D eigenvalue weighted by Crippen LogP contribution is 2.38. The van der Waals surface area contributed by atoms with Gasteiger partial charge in [-0.3, -0.25) is 4.90 Å². The summed E-state index contributed by atoms with van der Waals surface area (Å²) < 4.78 is 46.7. The molecule has 196 valence electrons. The van der Waals surface area contributed by atoms with E-state index >= 15 is 0 Å². The van der Waals surface area contributed by atoms with Gasteiger partial charge in [-0.2, -0.15) is 5.10 Å². The number of aryl methyl sites for hydroxylation is 1. The van der Waals surface area contributed by atoms with Gasteiger partial charge in [0.25, 0.3) is 5.92 Å². The van der Waals surface area contributed by atoms with Crippen molar-refractivity contribution in [2.75, 3.05) is 52.3 Å². The fraction of sp³-hybridized carbons (Fsp3) is 0.400. The third-order valence-electron chi connectivity index (χ3n) is 6.22. The molecular formula is C25H28F2N6O3S. The van der Waals surface area contributed by atoms with Gasteiger partial charge in [-0.15, -0.1) is 0 Å². The summed E-state index contributed by atoms with van der Waals surface area (Å²) in [5, 5.41) is 5.43. The van der Waals surface area contributed by atoms with Crippen LogP contribution in [0.1, 0.15) is 18.2 Å². The lowest BCUT2D eigenvalue weighted by Crippen LogP contribution is -2.38. The van der Waals surface area contributed by atoms with Crippen molar-refractivity contribution in [1.82, 2.24) is 24.5 Å². The summed E-state index contributed by atoms with van der Waals surface area (Å²) in [4.78, 5) is 11.5. The standard InChI is InChI=1S/C25H28F2N6O3S/c1-15-21(17-12-18(25(2,26)27)22(28)29-14-17)33-24(30-15)37-23(31-33)16-4-5-19(20(13-16)34-3)36-11-8-32-6-9-35-10-7-32/h4-5,12-14H,6-11H2,1-3H3,(H2,28,29). The SMILES string of the molecule is COc1cc(-c2nn3c(-c4cnc(N)c(C(C)(F)F)c4)c(C)nc3s2)ccc1OCCN1CCOCC1. The van der Waals surface area contributed by atoms with E-state index in [-0.39, 0.29) is 11.4 Å². The van der Waals surface area contributed by atoms with Gasteiger partial charge in [0.1, 0.15) is 17.4 Å². The normalized spacial score (nSPS) is 14.8. The highest BCUT2D eigenvalue weighted by Gasteiger charge is 2.29. The summed E-state index contributed by atoms with van der Waals surface area (Å²) in [6.07, 6.45) is 1.46. The zero-order valence-corrected chi connectivity index (χ0v) is 21.6. The van der Waals surface area contributed by atoms with Crippen LogP contribution in [0, 0.1) is 6.92 Å². The zero-order chi connectivity index (χ0) is 26.2. The second-order valence-corrected chi connectivity index (χ2v) is 9.82. The number of aromatic nitrogens is 4. The van der Waals surface area contributed by atoms with Crippen molar-refractivity contribution in [3.8, 4) is 33.3 Å². The molecule has 1 saturated heterocycles. The second-order valence-electron chi connectivity index (χ2n) is 8.86. The number of anilines is 1. The first-order chi connectivity index (χ1) is 17.7. The predicted molar refractivity (Wildman–Crippen MR) is 138 cm³/mol. The van der Waals surface area contributed by atoms with Gasteiger partial charge in [0.2, 0.25) is 4.96 Å². The number of hydrogen-bond donors (Lipinski definition) is 1. The second kappa shape index (κ2) is 10.2. The number of methoxy groups -OCH3 is 1. The summed E-state index contributed by atoms with van der Waals surface area (Å²) in [5.74, 6) is -2.08. The minimum absolute atomic E-state index is 0.201. The Kier molecular flexibility index (Phi) is 6.97. The molecular weight excluding hydrogens is 502 g/mol. The van der Waals surface area contributed by atoms with Crippen molar-refractivity contribution in [2.24, 2.45) is 0 Å². The van der Waals surface area contributed by atoms with E-state index in [1.54, 1.807) is 11.6 Å². The van der Waals surface area contributed by atoms with Crippen molar-refractivity contribution in [1.29, 1.82) is 0 Å². The maximum Gasteiger partial charge on any atom is 0.274 e. The molecule has 1 aliphatic rings. The first-order valence-corrected chi connectivity index (χ1v) is 12.7. The van der Waals surface area contributed by atoms with Crippen LogP contribution in [0.15, 0.2) is 30.5 Å².